The lowest BCUT2D eigenvalue weighted by atomic mass is 9.91. The van der Waals surface area contributed by atoms with Crippen LogP contribution in [0.1, 0.15) is 44.7 Å². The van der Waals surface area contributed by atoms with Gasteiger partial charge >= 0.3 is 11.6 Å². The van der Waals surface area contributed by atoms with Gasteiger partial charge in [0, 0.05) is 17.0 Å². The zero-order chi connectivity index (χ0) is 20.4. The van der Waals surface area contributed by atoms with Crippen LogP contribution in [0.4, 0.5) is 0 Å². The normalized spacial score (nSPS) is 15.7. The van der Waals surface area contributed by atoms with Crippen LogP contribution in [0, 0.1) is 5.92 Å². The summed E-state index contributed by atoms with van der Waals surface area (Å²) < 4.78 is 11.1. The van der Waals surface area contributed by atoms with Crippen LogP contribution in [0.15, 0.2) is 27.4 Å². The lowest BCUT2D eigenvalue weighted by Gasteiger charge is -2.21. The summed E-state index contributed by atoms with van der Waals surface area (Å²) in [5.74, 6) is -1.49. The van der Waals surface area contributed by atoms with Gasteiger partial charge in [-0.3, -0.25) is 4.79 Å². The summed E-state index contributed by atoms with van der Waals surface area (Å²) in [5.41, 5.74) is 1.91. The van der Waals surface area contributed by atoms with Gasteiger partial charge in [-0.1, -0.05) is 13.8 Å². The Labute approximate surface area is 162 Å². The Bertz CT molecular complexity index is 961. The maximum absolute atomic E-state index is 12.3. The van der Waals surface area contributed by atoms with Crippen molar-refractivity contribution in [1.82, 2.24) is 5.32 Å². The molecule has 0 spiro atoms. The number of carbonyl (C=O) groups excluding carboxylic acids is 1. The minimum absolute atomic E-state index is 0.255. The third kappa shape index (κ3) is 4.03. The molecule has 0 fully saturated rings. The van der Waals surface area contributed by atoms with E-state index in [9.17, 15) is 19.5 Å². The second kappa shape index (κ2) is 8.04. The van der Waals surface area contributed by atoms with Crippen LogP contribution in [0.5, 0.6) is 5.75 Å². The van der Waals surface area contributed by atoms with E-state index >= 15 is 0 Å². The molecule has 0 saturated carbocycles. The summed E-state index contributed by atoms with van der Waals surface area (Å²) in [4.78, 5) is 35.8. The molecule has 1 aromatic carbocycles. The maximum Gasteiger partial charge on any atom is 0.339 e. The Balaban J connectivity index is 1.80. The number of rotatable bonds is 6. The molecule has 1 amide bonds. The highest BCUT2D eigenvalue weighted by Gasteiger charge is 2.26. The Hall–Kier alpha value is -2.83. The molecule has 1 aliphatic carbocycles. The van der Waals surface area contributed by atoms with Crippen LogP contribution in [0.25, 0.3) is 11.0 Å². The van der Waals surface area contributed by atoms with Crippen LogP contribution in [-0.4, -0.2) is 29.1 Å². The van der Waals surface area contributed by atoms with E-state index in [1.165, 1.54) is 0 Å². The predicted molar refractivity (Wildman–Crippen MR) is 104 cm³/mol. The Morgan fingerprint density at radius 1 is 1.14 bits per heavy atom. The molecule has 2 atom stereocenters. The van der Waals surface area contributed by atoms with Crippen molar-refractivity contribution in [2.24, 2.45) is 5.92 Å². The van der Waals surface area contributed by atoms with Crippen molar-refractivity contribution in [3.63, 3.8) is 0 Å². The van der Waals surface area contributed by atoms with Crippen molar-refractivity contribution in [3.05, 3.63) is 39.7 Å². The quantitative estimate of drug-likeness (QED) is 0.738. The molecule has 1 aliphatic rings. The number of benzene rings is 1. The van der Waals surface area contributed by atoms with Gasteiger partial charge in [0.2, 0.25) is 0 Å². The van der Waals surface area contributed by atoms with E-state index in [4.69, 9.17) is 9.15 Å². The van der Waals surface area contributed by atoms with E-state index in [-0.39, 0.29) is 11.5 Å². The van der Waals surface area contributed by atoms with Gasteiger partial charge in [-0.15, -0.1) is 0 Å². The molecular formula is C21H25NO6. The maximum atomic E-state index is 12.3. The van der Waals surface area contributed by atoms with Gasteiger partial charge in [-0.2, -0.15) is 0 Å². The Morgan fingerprint density at radius 2 is 1.82 bits per heavy atom. The first-order chi connectivity index (χ1) is 13.3. The number of fused-ring (bicyclic) bond motifs is 3. The molecule has 0 radical (unpaired) electrons. The molecule has 3 rings (SSSR count). The largest absolute Gasteiger partial charge is 0.481 e. The van der Waals surface area contributed by atoms with Gasteiger partial charge in [0.1, 0.15) is 17.4 Å². The average molecular weight is 387 g/mol. The smallest absolute Gasteiger partial charge is 0.339 e. The first-order valence-corrected chi connectivity index (χ1v) is 9.56. The summed E-state index contributed by atoms with van der Waals surface area (Å²) in [7, 11) is 0. The molecule has 28 heavy (non-hydrogen) atoms. The fourth-order valence-corrected chi connectivity index (χ4v) is 3.54. The number of ether oxygens (including phenoxy) is 1. The number of carboxylic acid groups (broad SMARTS) is 1. The number of aryl methyl sites for hydroxylation is 1. The van der Waals surface area contributed by atoms with Crippen molar-refractivity contribution < 1.29 is 23.8 Å². The highest BCUT2D eigenvalue weighted by atomic mass is 16.5. The van der Waals surface area contributed by atoms with E-state index < -0.39 is 24.0 Å². The molecule has 150 valence electrons. The molecule has 0 unspecified atom stereocenters. The van der Waals surface area contributed by atoms with Crippen LogP contribution in [-0.2, 0) is 22.4 Å². The van der Waals surface area contributed by atoms with Gasteiger partial charge in [-0.25, -0.2) is 9.59 Å². The summed E-state index contributed by atoms with van der Waals surface area (Å²) in [6, 6.07) is 4.20. The van der Waals surface area contributed by atoms with Crippen molar-refractivity contribution in [3.8, 4) is 5.75 Å². The van der Waals surface area contributed by atoms with Gasteiger partial charge < -0.3 is 19.6 Å². The molecule has 7 heteroatoms. The van der Waals surface area contributed by atoms with Crippen LogP contribution in [0.3, 0.4) is 0 Å². The molecule has 0 saturated heterocycles. The minimum Gasteiger partial charge on any atom is -0.481 e. The van der Waals surface area contributed by atoms with Crippen molar-refractivity contribution in [1.29, 1.82) is 0 Å². The fourth-order valence-electron chi connectivity index (χ4n) is 3.54. The lowest BCUT2D eigenvalue weighted by Crippen LogP contribution is -2.48. The van der Waals surface area contributed by atoms with E-state index in [1.807, 2.05) is 6.07 Å². The minimum atomic E-state index is -1.09. The third-order valence-corrected chi connectivity index (χ3v) is 5.11. The van der Waals surface area contributed by atoms with Gasteiger partial charge in [0.05, 0.1) is 0 Å². The highest BCUT2D eigenvalue weighted by Crippen LogP contribution is 2.29. The topological polar surface area (TPSA) is 106 Å². The summed E-state index contributed by atoms with van der Waals surface area (Å²) >= 11 is 0. The summed E-state index contributed by atoms with van der Waals surface area (Å²) in [6.45, 7) is 4.98. The second-order valence-corrected chi connectivity index (χ2v) is 7.54. The number of hydrogen-bond acceptors (Lipinski definition) is 5. The van der Waals surface area contributed by atoms with Crippen molar-refractivity contribution in [2.45, 2.75) is 58.6 Å². The van der Waals surface area contributed by atoms with Crippen molar-refractivity contribution in [2.75, 3.05) is 0 Å². The first kappa shape index (κ1) is 19.9. The summed E-state index contributed by atoms with van der Waals surface area (Å²) in [6.07, 6.45) is 2.72. The van der Waals surface area contributed by atoms with Crippen molar-refractivity contribution >= 4 is 22.8 Å². The number of hydrogen-bond donors (Lipinski definition) is 2. The standard InChI is InChI=1S/C21H25NO6/c1-11(2)18(20(24)25)22-19(23)12(3)27-13-8-9-15-14-6-4-5-7-16(14)21(26)28-17(15)10-13/h8-12,18H,4-7H2,1-3H3,(H,22,23)(H,24,25)/t12-,18-/m0/s1. The van der Waals surface area contributed by atoms with Crippen LogP contribution in [0.2, 0.25) is 0 Å². The summed E-state index contributed by atoms with van der Waals surface area (Å²) in [5, 5.41) is 12.6. The average Bonchev–Trinajstić information content (AvgIpc) is 2.65. The first-order valence-electron chi connectivity index (χ1n) is 9.56. The zero-order valence-electron chi connectivity index (χ0n) is 16.3. The molecule has 2 N–H and O–H groups in total. The van der Waals surface area contributed by atoms with Crippen LogP contribution < -0.4 is 15.7 Å². The molecular weight excluding hydrogens is 362 g/mol. The zero-order valence-corrected chi connectivity index (χ0v) is 16.3. The van der Waals surface area contributed by atoms with E-state index in [1.54, 1.807) is 32.9 Å². The van der Waals surface area contributed by atoms with E-state index in [0.717, 1.165) is 42.2 Å². The lowest BCUT2D eigenvalue weighted by molar-refractivity contribution is -0.144. The molecule has 1 heterocycles. The van der Waals surface area contributed by atoms with E-state index in [2.05, 4.69) is 5.32 Å². The third-order valence-electron chi connectivity index (χ3n) is 5.11. The number of aliphatic carboxylic acids is 1. The number of amides is 1. The predicted octanol–water partition coefficient (Wildman–Crippen LogP) is 2.66. The van der Waals surface area contributed by atoms with Crippen LogP contribution >= 0.6 is 0 Å². The number of nitrogens with one attached hydrogen (secondary N) is 1. The molecule has 1 aromatic heterocycles. The van der Waals surface area contributed by atoms with Gasteiger partial charge in [-0.05, 0) is 56.2 Å². The molecule has 7 nitrogen and oxygen atoms in total. The van der Waals surface area contributed by atoms with Gasteiger partial charge in [0.25, 0.3) is 5.91 Å². The Morgan fingerprint density at radius 3 is 2.46 bits per heavy atom. The molecule has 0 bridgehead atoms. The SMILES string of the molecule is CC(C)[C@H](NC(=O)[C@H](C)Oc1ccc2c3c(c(=O)oc2c1)CCCC3)C(=O)O. The number of carbonyl (C=O) groups is 2. The Kier molecular flexibility index (Phi) is 5.72. The van der Waals surface area contributed by atoms with E-state index in [0.29, 0.717) is 11.3 Å². The van der Waals surface area contributed by atoms with Gasteiger partial charge in [0.15, 0.2) is 6.10 Å². The second-order valence-electron chi connectivity index (χ2n) is 7.54. The fraction of sp³-hybridized carbons (Fsp3) is 0.476. The highest BCUT2D eigenvalue weighted by molar-refractivity contribution is 5.87. The monoisotopic (exact) mass is 387 g/mol. The number of carboxylic acids is 1. The molecule has 2 aromatic rings. The molecule has 0 aliphatic heterocycles.